The van der Waals surface area contributed by atoms with Crippen molar-refractivity contribution in [2.75, 3.05) is 20.6 Å². The minimum Gasteiger partial charge on any atom is -0.331 e. The maximum absolute atomic E-state index is 4.40. The molecule has 1 aromatic rings. The fourth-order valence-electron chi connectivity index (χ4n) is 3.79. The zero-order valence-corrected chi connectivity index (χ0v) is 12.2. The Morgan fingerprint density at radius 3 is 2.79 bits per heavy atom. The number of likely N-dealkylation sites (N-methyl/N-ethyl adjacent to an activating group) is 1. The number of nitrogens with zero attached hydrogens (tertiary/aromatic N) is 3. The van der Waals surface area contributed by atoms with E-state index in [0.717, 1.165) is 13.1 Å². The Labute approximate surface area is 116 Å². The van der Waals surface area contributed by atoms with Gasteiger partial charge in [-0.15, -0.1) is 0 Å². The van der Waals surface area contributed by atoms with Gasteiger partial charge in [-0.3, -0.25) is 0 Å². The Morgan fingerprint density at radius 2 is 2.16 bits per heavy atom. The van der Waals surface area contributed by atoms with Gasteiger partial charge < -0.3 is 14.8 Å². The van der Waals surface area contributed by atoms with Gasteiger partial charge >= 0.3 is 0 Å². The quantitative estimate of drug-likeness (QED) is 0.903. The van der Waals surface area contributed by atoms with Crippen LogP contribution >= 0.6 is 0 Å². The number of hydrogen-bond donors (Lipinski definition) is 1. The third-order valence-electron chi connectivity index (χ3n) is 5.11. The van der Waals surface area contributed by atoms with Gasteiger partial charge in [0.15, 0.2) is 0 Å². The molecule has 106 valence electrons. The van der Waals surface area contributed by atoms with E-state index in [4.69, 9.17) is 0 Å². The van der Waals surface area contributed by atoms with Crippen molar-refractivity contribution in [3.63, 3.8) is 0 Å². The highest BCUT2D eigenvalue weighted by molar-refractivity contribution is 5.09. The van der Waals surface area contributed by atoms with E-state index in [1.807, 2.05) is 6.33 Å². The van der Waals surface area contributed by atoms with Crippen molar-refractivity contribution >= 4 is 0 Å². The molecule has 0 radical (unpaired) electrons. The van der Waals surface area contributed by atoms with Crippen molar-refractivity contribution < 1.29 is 0 Å². The van der Waals surface area contributed by atoms with Gasteiger partial charge in [0, 0.05) is 24.3 Å². The molecular weight excluding hydrogens is 236 g/mol. The molecule has 0 spiro atoms. The molecular formula is C15H26N4. The molecule has 0 aromatic carbocycles. The molecule has 1 aliphatic heterocycles. The molecule has 4 nitrogen and oxygen atoms in total. The van der Waals surface area contributed by atoms with Crippen LogP contribution in [0.15, 0.2) is 12.5 Å². The monoisotopic (exact) mass is 262 g/mol. The fraction of sp³-hybridized carbons (Fsp3) is 0.800. The summed E-state index contributed by atoms with van der Waals surface area (Å²) >= 11 is 0. The van der Waals surface area contributed by atoms with Crippen LogP contribution in [-0.2, 0) is 6.54 Å². The predicted molar refractivity (Wildman–Crippen MR) is 77.1 cm³/mol. The smallest absolute Gasteiger partial charge is 0.0949 e. The summed E-state index contributed by atoms with van der Waals surface area (Å²) < 4.78 is 2.40. The van der Waals surface area contributed by atoms with Crippen LogP contribution in [-0.4, -0.2) is 40.6 Å². The van der Waals surface area contributed by atoms with E-state index in [1.54, 1.807) is 0 Å². The lowest BCUT2D eigenvalue weighted by atomic mass is 9.95. The van der Waals surface area contributed by atoms with Crippen molar-refractivity contribution in [3.05, 3.63) is 18.2 Å². The number of rotatable bonds is 4. The second kappa shape index (κ2) is 5.25. The van der Waals surface area contributed by atoms with Crippen molar-refractivity contribution in [1.82, 2.24) is 19.8 Å². The predicted octanol–water partition coefficient (Wildman–Crippen LogP) is 2.18. The summed E-state index contributed by atoms with van der Waals surface area (Å²) in [6, 6.07) is 0.517. The van der Waals surface area contributed by atoms with E-state index in [-0.39, 0.29) is 0 Å². The summed E-state index contributed by atoms with van der Waals surface area (Å²) in [6.45, 7) is 2.24. The van der Waals surface area contributed by atoms with Gasteiger partial charge in [-0.25, -0.2) is 4.98 Å². The second-order valence-electron chi connectivity index (χ2n) is 6.42. The van der Waals surface area contributed by atoms with E-state index < -0.39 is 0 Å². The molecule has 4 heteroatoms. The van der Waals surface area contributed by atoms with Crippen LogP contribution in [0.3, 0.4) is 0 Å². The van der Waals surface area contributed by atoms with Crippen LogP contribution in [0.2, 0.25) is 0 Å². The molecule has 1 atom stereocenters. The molecule has 2 heterocycles. The molecule has 1 saturated heterocycles. The van der Waals surface area contributed by atoms with Crippen molar-refractivity contribution in [2.24, 2.45) is 0 Å². The average Bonchev–Trinajstić information content (AvgIpc) is 3.09. The lowest BCUT2D eigenvalue weighted by molar-refractivity contribution is 0.132. The molecule has 1 aliphatic carbocycles. The Bertz CT molecular complexity index is 412. The van der Waals surface area contributed by atoms with Crippen LogP contribution < -0.4 is 5.32 Å². The highest BCUT2D eigenvalue weighted by Crippen LogP contribution is 2.36. The van der Waals surface area contributed by atoms with Crippen LogP contribution in [0.4, 0.5) is 0 Å². The Kier molecular flexibility index (Phi) is 3.63. The minimum atomic E-state index is 0.341. The first-order valence-corrected chi connectivity index (χ1v) is 7.62. The first-order chi connectivity index (χ1) is 9.21. The summed E-state index contributed by atoms with van der Waals surface area (Å²) in [7, 11) is 4.46. The molecule has 0 bridgehead atoms. The van der Waals surface area contributed by atoms with Crippen molar-refractivity contribution in [2.45, 2.75) is 56.7 Å². The van der Waals surface area contributed by atoms with Gasteiger partial charge in [0.1, 0.15) is 0 Å². The first-order valence-electron chi connectivity index (χ1n) is 7.62. The molecule has 3 rings (SSSR count). The third kappa shape index (κ3) is 2.43. The van der Waals surface area contributed by atoms with Gasteiger partial charge in [0.25, 0.3) is 0 Å². The SMILES string of the molecule is CN(C)C1(Cn2cncc2C2CCCN2)CCCC1. The molecule has 1 unspecified atom stereocenters. The first kappa shape index (κ1) is 13.1. The van der Waals surface area contributed by atoms with Crippen molar-refractivity contribution in [3.8, 4) is 0 Å². The van der Waals surface area contributed by atoms with E-state index in [1.165, 1.54) is 44.2 Å². The Morgan fingerprint density at radius 1 is 1.37 bits per heavy atom. The molecule has 2 fully saturated rings. The molecule has 1 aromatic heterocycles. The fourth-order valence-corrected chi connectivity index (χ4v) is 3.79. The lowest BCUT2D eigenvalue weighted by Crippen LogP contribution is -2.45. The Balaban J connectivity index is 1.80. The van der Waals surface area contributed by atoms with E-state index in [9.17, 15) is 0 Å². The third-order valence-corrected chi connectivity index (χ3v) is 5.11. The van der Waals surface area contributed by atoms with E-state index in [0.29, 0.717) is 11.6 Å². The largest absolute Gasteiger partial charge is 0.331 e. The van der Waals surface area contributed by atoms with Gasteiger partial charge in [-0.05, 0) is 46.3 Å². The van der Waals surface area contributed by atoms with Gasteiger partial charge in [-0.2, -0.15) is 0 Å². The molecule has 19 heavy (non-hydrogen) atoms. The molecule has 0 amide bonds. The zero-order valence-electron chi connectivity index (χ0n) is 12.2. The van der Waals surface area contributed by atoms with Gasteiger partial charge in [-0.1, -0.05) is 12.8 Å². The average molecular weight is 262 g/mol. The lowest BCUT2D eigenvalue weighted by Gasteiger charge is -2.37. The number of nitrogens with one attached hydrogen (secondary N) is 1. The summed E-state index contributed by atoms with van der Waals surface area (Å²) in [4.78, 5) is 6.84. The molecule has 1 saturated carbocycles. The van der Waals surface area contributed by atoms with Crippen LogP contribution in [0, 0.1) is 0 Å². The van der Waals surface area contributed by atoms with Crippen LogP contribution in [0.5, 0.6) is 0 Å². The second-order valence-corrected chi connectivity index (χ2v) is 6.42. The van der Waals surface area contributed by atoms with Crippen LogP contribution in [0.1, 0.15) is 50.3 Å². The van der Waals surface area contributed by atoms with Gasteiger partial charge in [0.05, 0.1) is 12.0 Å². The number of hydrogen-bond acceptors (Lipinski definition) is 3. The molecule has 2 aliphatic rings. The van der Waals surface area contributed by atoms with E-state index in [2.05, 4.69) is 40.1 Å². The van der Waals surface area contributed by atoms with Crippen LogP contribution in [0.25, 0.3) is 0 Å². The van der Waals surface area contributed by atoms with Crippen molar-refractivity contribution in [1.29, 1.82) is 0 Å². The molecule has 1 N–H and O–H groups in total. The zero-order chi connectivity index (χ0) is 13.3. The maximum atomic E-state index is 4.40. The highest BCUT2D eigenvalue weighted by atomic mass is 15.2. The summed E-state index contributed by atoms with van der Waals surface area (Å²) in [5.41, 5.74) is 1.72. The topological polar surface area (TPSA) is 33.1 Å². The standard InChI is InChI=1S/C15H26N4/c1-18(2)15(7-3-4-8-15)11-19-12-16-10-14(19)13-6-5-9-17-13/h10,12-13,17H,3-9,11H2,1-2H3. The maximum Gasteiger partial charge on any atom is 0.0949 e. The minimum absolute atomic E-state index is 0.341. The van der Waals surface area contributed by atoms with E-state index >= 15 is 0 Å². The normalized spacial score (nSPS) is 26.4. The number of aromatic nitrogens is 2. The Hall–Kier alpha value is -0.870. The highest BCUT2D eigenvalue weighted by Gasteiger charge is 2.37. The summed E-state index contributed by atoms with van der Waals surface area (Å²) in [5.74, 6) is 0. The summed E-state index contributed by atoms with van der Waals surface area (Å²) in [5, 5.41) is 3.59. The summed E-state index contributed by atoms with van der Waals surface area (Å²) in [6.07, 6.45) is 12.0. The number of imidazole rings is 1. The van der Waals surface area contributed by atoms with Gasteiger partial charge in [0.2, 0.25) is 0 Å².